The van der Waals surface area contributed by atoms with Crippen LogP contribution >= 0.6 is 0 Å². The molecule has 0 radical (unpaired) electrons. The Hall–Kier alpha value is -2.49. The minimum absolute atomic E-state index is 0.663. The molecule has 1 aromatic carbocycles. The van der Waals surface area contributed by atoms with E-state index in [1.807, 2.05) is 25.1 Å². The molecular weight excluding hydrogens is 248 g/mol. The highest BCUT2D eigenvalue weighted by atomic mass is 15.3. The first kappa shape index (κ1) is 12.5. The van der Waals surface area contributed by atoms with Gasteiger partial charge in [0.2, 0.25) is 0 Å². The van der Waals surface area contributed by atoms with E-state index in [0.29, 0.717) is 5.78 Å². The van der Waals surface area contributed by atoms with Gasteiger partial charge in [0, 0.05) is 11.4 Å². The summed E-state index contributed by atoms with van der Waals surface area (Å²) in [7, 11) is 0. The van der Waals surface area contributed by atoms with Crippen molar-refractivity contribution in [2.75, 3.05) is 0 Å². The summed E-state index contributed by atoms with van der Waals surface area (Å²) in [6, 6.07) is 10.3. The van der Waals surface area contributed by atoms with Crippen LogP contribution in [0.3, 0.4) is 0 Å². The molecule has 3 rings (SSSR count). The van der Waals surface area contributed by atoms with Gasteiger partial charge in [-0.3, -0.25) is 0 Å². The first-order chi connectivity index (χ1) is 9.75. The van der Waals surface area contributed by atoms with Crippen LogP contribution in [0.25, 0.3) is 11.9 Å². The molecular formula is C16H16N4. The fraction of sp³-hybridized carbons (Fsp3) is 0.188. The first-order valence-corrected chi connectivity index (χ1v) is 6.63. The van der Waals surface area contributed by atoms with Crippen LogP contribution in [0.4, 0.5) is 0 Å². The lowest BCUT2D eigenvalue weighted by molar-refractivity contribution is 0.859. The summed E-state index contributed by atoms with van der Waals surface area (Å²) < 4.78 is 1.79. The van der Waals surface area contributed by atoms with E-state index >= 15 is 0 Å². The van der Waals surface area contributed by atoms with Crippen LogP contribution in [-0.4, -0.2) is 19.6 Å². The molecule has 0 aliphatic carbocycles. The summed E-state index contributed by atoms with van der Waals surface area (Å²) in [5.74, 6) is 0.663. The van der Waals surface area contributed by atoms with E-state index in [4.69, 9.17) is 0 Å². The highest BCUT2D eigenvalue weighted by Crippen LogP contribution is 2.14. The third kappa shape index (κ3) is 2.32. The predicted octanol–water partition coefficient (Wildman–Crippen LogP) is 3.00. The Kier molecular flexibility index (Phi) is 3.29. The van der Waals surface area contributed by atoms with Crippen LogP contribution in [0.2, 0.25) is 0 Å². The molecule has 4 nitrogen and oxygen atoms in total. The van der Waals surface area contributed by atoms with Crippen molar-refractivity contribution < 1.29 is 0 Å². The minimum atomic E-state index is 0.663. The molecule has 4 heteroatoms. The maximum absolute atomic E-state index is 4.48. The molecule has 0 spiro atoms. The molecule has 0 N–H and O–H groups in total. The van der Waals surface area contributed by atoms with Crippen LogP contribution in [0.1, 0.15) is 22.5 Å². The SMILES string of the molecule is Cc1nc2ncnn2c(C)c1CC=Cc1ccccc1. The smallest absolute Gasteiger partial charge is 0.216 e. The largest absolute Gasteiger partial charge is 0.252 e. The zero-order chi connectivity index (χ0) is 13.9. The van der Waals surface area contributed by atoms with Crippen LogP contribution < -0.4 is 0 Å². The van der Waals surface area contributed by atoms with Crippen molar-refractivity contribution in [2.45, 2.75) is 20.3 Å². The molecule has 0 aliphatic heterocycles. The van der Waals surface area contributed by atoms with Gasteiger partial charge in [-0.15, -0.1) is 0 Å². The molecule has 2 aromatic heterocycles. The molecule has 0 amide bonds. The Bertz CT molecular complexity index is 757. The topological polar surface area (TPSA) is 43.1 Å². The summed E-state index contributed by atoms with van der Waals surface area (Å²) in [6.45, 7) is 4.08. The van der Waals surface area contributed by atoms with E-state index in [9.17, 15) is 0 Å². The molecule has 0 bridgehead atoms. The van der Waals surface area contributed by atoms with Crippen molar-refractivity contribution in [2.24, 2.45) is 0 Å². The molecule has 0 unspecified atom stereocenters. The van der Waals surface area contributed by atoms with Gasteiger partial charge in [-0.1, -0.05) is 42.5 Å². The normalized spacial score (nSPS) is 11.5. The van der Waals surface area contributed by atoms with Gasteiger partial charge in [0.05, 0.1) is 0 Å². The quantitative estimate of drug-likeness (QED) is 0.730. The number of aryl methyl sites for hydroxylation is 2. The maximum atomic E-state index is 4.48. The number of rotatable bonds is 3. The number of hydrogen-bond acceptors (Lipinski definition) is 3. The predicted molar refractivity (Wildman–Crippen MR) is 79.4 cm³/mol. The van der Waals surface area contributed by atoms with Crippen molar-refractivity contribution in [3.8, 4) is 0 Å². The van der Waals surface area contributed by atoms with Gasteiger partial charge in [-0.2, -0.15) is 10.1 Å². The van der Waals surface area contributed by atoms with Crippen molar-refractivity contribution in [1.29, 1.82) is 0 Å². The van der Waals surface area contributed by atoms with Crippen molar-refractivity contribution in [1.82, 2.24) is 19.6 Å². The molecule has 0 fully saturated rings. The number of hydrogen-bond donors (Lipinski definition) is 0. The summed E-state index contributed by atoms with van der Waals surface area (Å²) in [4.78, 5) is 8.61. The van der Waals surface area contributed by atoms with E-state index in [-0.39, 0.29) is 0 Å². The fourth-order valence-electron chi connectivity index (χ4n) is 2.33. The second kappa shape index (κ2) is 5.25. The highest BCUT2D eigenvalue weighted by Gasteiger charge is 2.09. The second-order valence-electron chi connectivity index (χ2n) is 4.75. The Morgan fingerprint density at radius 1 is 1.15 bits per heavy atom. The average molecular weight is 264 g/mol. The zero-order valence-corrected chi connectivity index (χ0v) is 11.6. The number of fused-ring (bicyclic) bond motifs is 1. The molecule has 2 heterocycles. The van der Waals surface area contributed by atoms with Gasteiger partial charge in [0.15, 0.2) is 0 Å². The van der Waals surface area contributed by atoms with Crippen LogP contribution in [-0.2, 0) is 6.42 Å². The van der Waals surface area contributed by atoms with Crippen molar-refractivity contribution >= 4 is 11.9 Å². The molecule has 3 aromatic rings. The molecule has 20 heavy (non-hydrogen) atoms. The maximum Gasteiger partial charge on any atom is 0.252 e. The fourth-order valence-corrected chi connectivity index (χ4v) is 2.33. The van der Waals surface area contributed by atoms with Crippen LogP contribution in [0.5, 0.6) is 0 Å². The number of aromatic nitrogens is 4. The first-order valence-electron chi connectivity index (χ1n) is 6.63. The third-order valence-electron chi connectivity index (χ3n) is 3.42. The van der Waals surface area contributed by atoms with Gasteiger partial charge in [0.25, 0.3) is 5.78 Å². The standard InChI is InChI=1S/C16H16N4/c1-12-15(10-6-9-14-7-4-3-5-8-14)13(2)20-16(19-12)17-11-18-20/h3-9,11H,10H2,1-2H3. The van der Waals surface area contributed by atoms with Crippen molar-refractivity contribution in [3.63, 3.8) is 0 Å². The Morgan fingerprint density at radius 2 is 1.95 bits per heavy atom. The third-order valence-corrected chi connectivity index (χ3v) is 3.42. The lowest BCUT2D eigenvalue weighted by Crippen LogP contribution is -2.05. The minimum Gasteiger partial charge on any atom is -0.216 e. The Morgan fingerprint density at radius 3 is 2.75 bits per heavy atom. The van der Waals surface area contributed by atoms with Crippen molar-refractivity contribution in [3.05, 3.63) is 65.2 Å². The molecule has 0 aliphatic rings. The van der Waals surface area contributed by atoms with Gasteiger partial charge in [0.1, 0.15) is 6.33 Å². The highest BCUT2D eigenvalue weighted by molar-refractivity contribution is 5.50. The average Bonchev–Trinajstić information content (AvgIpc) is 2.92. The monoisotopic (exact) mass is 264 g/mol. The summed E-state index contributed by atoms with van der Waals surface area (Å²) in [6.07, 6.45) is 6.67. The van der Waals surface area contributed by atoms with Gasteiger partial charge < -0.3 is 0 Å². The van der Waals surface area contributed by atoms with E-state index < -0.39 is 0 Å². The van der Waals surface area contributed by atoms with Crippen LogP contribution in [0.15, 0.2) is 42.7 Å². The van der Waals surface area contributed by atoms with E-state index in [2.05, 4.69) is 46.3 Å². The van der Waals surface area contributed by atoms with Gasteiger partial charge in [-0.25, -0.2) is 9.50 Å². The molecule has 0 saturated carbocycles. The summed E-state index contributed by atoms with van der Waals surface area (Å²) >= 11 is 0. The van der Waals surface area contributed by atoms with Crippen LogP contribution in [0, 0.1) is 13.8 Å². The summed E-state index contributed by atoms with van der Waals surface area (Å²) in [5, 5.41) is 4.21. The molecule has 0 saturated heterocycles. The van der Waals surface area contributed by atoms with Gasteiger partial charge in [-0.05, 0) is 31.4 Å². The van der Waals surface area contributed by atoms with E-state index in [0.717, 1.165) is 17.8 Å². The number of benzene rings is 1. The number of allylic oxidation sites excluding steroid dienone is 1. The molecule has 0 atom stereocenters. The van der Waals surface area contributed by atoms with Gasteiger partial charge >= 0.3 is 0 Å². The van der Waals surface area contributed by atoms with E-state index in [1.165, 1.54) is 11.1 Å². The Balaban J connectivity index is 1.89. The molecule has 100 valence electrons. The second-order valence-corrected chi connectivity index (χ2v) is 4.75. The Labute approximate surface area is 117 Å². The lowest BCUT2D eigenvalue weighted by atomic mass is 10.1. The lowest BCUT2D eigenvalue weighted by Gasteiger charge is -2.08. The number of nitrogens with zero attached hydrogens (tertiary/aromatic N) is 4. The zero-order valence-electron chi connectivity index (χ0n) is 11.6. The van der Waals surface area contributed by atoms with E-state index in [1.54, 1.807) is 10.8 Å². The summed E-state index contributed by atoms with van der Waals surface area (Å²) in [5.41, 5.74) is 4.52.